The summed E-state index contributed by atoms with van der Waals surface area (Å²) in [5.41, 5.74) is 3.52. The topological polar surface area (TPSA) is 0 Å². The van der Waals surface area contributed by atoms with Gasteiger partial charge in [0.05, 0.1) is 0 Å². The molecule has 0 fully saturated rings. The van der Waals surface area contributed by atoms with E-state index < -0.39 is 0 Å². The minimum Gasteiger partial charge on any atom is -0.143 e. The third-order valence-electron chi connectivity index (χ3n) is 1.98. The first-order valence-electron chi connectivity index (χ1n) is 3.61. The molecule has 0 aliphatic heterocycles. The highest BCUT2D eigenvalue weighted by molar-refractivity contribution is 9.10. The van der Waals surface area contributed by atoms with Crippen LogP contribution in [0.25, 0.3) is 0 Å². The molecule has 0 unspecified atom stereocenters. The molecule has 0 heterocycles. The Kier molecular flexibility index (Phi) is 3.50. The molecule has 0 aliphatic carbocycles. The van der Waals surface area contributed by atoms with Gasteiger partial charge in [0.2, 0.25) is 0 Å². The minimum atomic E-state index is 0.540. The number of thiol groups is 1. The van der Waals surface area contributed by atoms with Crippen LogP contribution in [0, 0.1) is 13.8 Å². The highest BCUT2D eigenvalue weighted by Gasteiger charge is 2.07. The summed E-state index contributed by atoms with van der Waals surface area (Å²) < 4.78 is 1.12. The minimum absolute atomic E-state index is 0.540. The second-order valence-electron chi connectivity index (χ2n) is 2.75. The van der Waals surface area contributed by atoms with Crippen molar-refractivity contribution in [3.63, 3.8) is 0 Å². The van der Waals surface area contributed by atoms with E-state index >= 15 is 0 Å². The van der Waals surface area contributed by atoms with Crippen molar-refractivity contribution in [3.05, 3.63) is 27.2 Å². The Hall–Kier alpha value is 0.340. The van der Waals surface area contributed by atoms with Gasteiger partial charge in [0, 0.05) is 15.2 Å². The van der Waals surface area contributed by atoms with Crippen LogP contribution in [-0.4, -0.2) is 0 Å². The van der Waals surface area contributed by atoms with Crippen LogP contribution in [-0.2, 0) is 5.88 Å². The molecule has 3 heteroatoms. The number of alkyl halides is 1. The smallest absolute Gasteiger partial charge is 0.0477 e. The van der Waals surface area contributed by atoms with E-state index in [1.165, 1.54) is 11.1 Å². The second-order valence-corrected chi connectivity index (χ2v) is 4.29. The monoisotopic (exact) mass is 264 g/mol. The zero-order valence-electron chi connectivity index (χ0n) is 6.99. The van der Waals surface area contributed by atoms with E-state index in [0.29, 0.717) is 5.88 Å². The van der Waals surface area contributed by atoms with Gasteiger partial charge < -0.3 is 0 Å². The Labute approximate surface area is 91.9 Å². The largest absolute Gasteiger partial charge is 0.143 e. The van der Waals surface area contributed by atoms with Gasteiger partial charge in [-0.1, -0.05) is 15.9 Å². The quantitative estimate of drug-likeness (QED) is 0.574. The fourth-order valence-electron chi connectivity index (χ4n) is 1.05. The Morgan fingerprint density at radius 2 is 2.00 bits per heavy atom. The lowest BCUT2D eigenvalue weighted by molar-refractivity contribution is 1.17. The molecule has 1 rings (SSSR count). The first-order valence-corrected chi connectivity index (χ1v) is 5.39. The molecule has 1 aromatic carbocycles. The van der Waals surface area contributed by atoms with Crippen molar-refractivity contribution in [3.8, 4) is 0 Å². The van der Waals surface area contributed by atoms with Crippen molar-refractivity contribution in [1.82, 2.24) is 0 Å². The maximum atomic E-state index is 5.77. The Bertz CT molecular complexity index is 310. The molecule has 0 saturated heterocycles. The summed E-state index contributed by atoms with van der Waals surface area (Å²) in [7, 11) is 0. The molecule has 66 valence electrons. The summed E-state index contributed by atoms with van der Waals surface area (Å²) in [5.74, 6) is 0.540. The molecule has 0 spiro atoms. The van der Waals surface area contributed by atoms with Crippen molar-refractivity contribution in [2.75, 3.05) is 0 Å². The molecular weight excluding hydrogens is 256 g/mol. The molecule has 0 saturated carbocycles. The number of benzene rings is 1. The molecule has 0 N–H and O–H groups in total. The van der Waals surface area contributed by atoms with Crippen molar-refractivity contribution in [2.24, 2.45) is 0 Å². The van der Waals surface area contributed by atoms with E-state index in [1.807, 2.05) is 13.0 Å². The predicted molar refractivity (Wildman–Crippen MR) is 60.4 cm³/mol. The van der Waals surface area contributed by atoms with E-state index in [2.05, 4.69) is 35.5 Å². The van der Waals surface area contributed by atoms with Gasteiger partial charge in [-0.05, 0) is 36.6 Å². The normalized spacial score (nSPS) is 10.4. The van der Waals surface area contributed by atoms with Crippen LogP contribution >= 0.6 is 40.2 Å². The summed E-state index contributed by atoms with van der Waals surface area (Å²) >= 11 is 13.6. The first kappa shape index (κ1) is 10.4. The summed E-state index contributed by atoms with van der Waals surface area (Å²) in [6.07, 6.45) is 0. The average molecular weight is 266 g/mol. The van der Waals surface area contributed by atoms with Gasteiger partial charge in [0.1, 0.15) is 0 Å². The van der Waals surface area contributed by atoms with E-state index in [9.17, 15) is 0 Å². The van der Waals surface area contributed by atoms with Gasteiger partial charge in [0.15, 0.2) is 0 Å². The Morgan fingerprint density at radius 3 is 2.50 bits per heavy atom. The van der Waals surface area contributed by atoms with Crippen LogP contribution < -0.4 is 0 Å². The van der Waals surface area contributed by atoms with Crippen LogP contribution in [0.5, 0.6) is 0 Å². The molecule has 1 aromatic rings. The van der Waals surface area contributed by atoms with Gasteiger partial charge in [-0.25, -0.2) is 0 Å². The van der Waals surface area contributed by atoms with Crippen molar-refractivity contribution in [2.45, 2.75) is 24.6 Å². The second kappa shape index (κ2) is 4.03. The van der Waals surface area contributed by atoms with Crippen molar-refractivity contribution < 1.29 is 0 Å². The Balaban J connectivity index is 3.39. The van der Waals surface area contributed by atoms with Crippen molar-refractivity contribution >= 4 is 40.2 Å². The van der Waals surface area contributed by atoms with Crippen LogP contribution in [0.3, 0.4) is 0 Å². The number of halogens is 2. The fraction of sp³-hybridized carbons (Fsp3) is 0.333. The van der Waals surface area contributed by atoms with Crippen LogP contribution in [0.15, 0.2) is 15.4 Å². The fourth-order valence-corrected chi connectivity index (χ4v) is 2.22. The maximum absolute atomic E-state index is 5.77. The van der Waals surface area contributed by atoms with Gasteiger partial charge in [-0.2, -0.15) is 0 Å². The maximum Gasteiger partial charge on any atom is 0.0477 e. The predicted octanol–water partition coefficient (Wildman–Crippen LogP) is 4.09. The molecule has 0 radical (unpaired) electrons. The SMILES string of the molecule is Cc1c(S)cc(CCl)c(C)c1Br. The van der Waals surface area contributed by atoms with Crippen LogP contribution in [0.1, 0.15) is 16.7 Å². The molecule has 0 bridgehead atoms. The van der Waals surface area contributed by atoms with Gasteiger partial charge in [-0.3, -0.25) is 0 Å². The molecule has 0 atom stereocenters. The number of rotatable bonds is 1. The molecule has 0 nitrogen and oxygen atoms in total. The highest BCUT2D eigenvalue weighted by Crippen LogP contribution is 2.29. The zero-order chi connectivity index (χ0) is 9.30. The number of hydrogen-bond acceptors (Lipinski definition) is 1. The number of hydrogen-bond donors (Lipinski definition) is 1. The lowest BCUT2D eigenvalue weighted by Crippen LogP contribution is -1.91. The molecular formula is C9H10BrClS. The van der Waals surface area contributed by atoms with E-state index in [0.717, 1.165) is 14.9 Å². The van der Waals surface area contributed by atoms with E-state index in [4.69, 9.17) is 11.6 Å². The molecule has 0 amide bonds. The standard InChI is InChI=1S/C9H10BrClS/c1-5-7(4-11)3-8(12)6(2)9(5)10/h3,12H,4H2,1-2H3. The van der Waals surface area contributed by atoms with Gasteiger partial charge in [0.25, 0.3) is 0 Å². The lowest BCUT2D eigenvalue weighted by atomic mass is 10.1. The third kappa shape index (κ3) is 1.81. The third-order valence-corrected chi connectivity index (χ3v) is 3.92. The average Bonchev–Trinajstić information content (AvgIpc) is 2.08. The molecule has 0 aromatic heterocycles. The van der Waals surface area contributed by atoms with Crippen molar-refractivity contribution in [1.29, 1.82) is 0 Å². The highest BCUT2D eigenvalue weighted by atomic mass is 79.9. The van der Waals surface area contributed by atoms with Gasteiger partial charge >= 0.3 is 0 Å². The first-order chi connectivity index (χ1) is 5.57. The van der Waals surface area contributed by atoms with E-state index in [-0.39, 0.29) is 0 Å². The summed E-state index contributed by atoms with van der Waals surface area (Å²) in [6.45, 7) is 4.10. The van der Waals surface area contributed by atoms with Crippen LogP contribution in [0.4, 0.5) is 0 Å². The summed E-state index contributed by atoms with van der Waals surface area (Å²) in [6, 6.07) is 2.02. The molecule has 12 heavy (non-hydrogen) atoms. The Morgan fingerprint density at radius 1 is 1.42 bits per heavy atom. The summed E-state index contributed by atoms with van der Waals surface area (Å²) in [5, 5.41) is 0. The summed E-state index contributed by atoms with van der Waals surface area (Å²) in [4.78, 5) is 0.989. The lowest BCUT2D eigenvalue weighted by Gasteiger charge is -2.09. The van der Waals surface area contributed by atoms with Crippen LogP contribution in [0.2, 0.25) is 0 Å². The van der Waals surface area contributed by atoms with Gasteiger partial charge in [-0.15, -0.1) is 24.2 Å². The molecule has 0 aliphatic rings. The zero-order valence-corrected chi connectivity index (χ0v) is 10.2. The van der Waals surface area contributed by atoms with E-state index in [1.54, 1.807) is 0 Å².